The van der Waals surface area contributed by atoms with Crippen molar-refractivity contribution in [1.82, 2.24) is 9.97 Å². The van der Waals surface area contributed by atoms with Crippen LogP contribution in [0.4, 0.5) is 0 Å². The molecular formula is C42H38N2. The van der Waals surface area contributed by atoms with Crippen LogP contribution in [0.3, 0.4) is 0 Å². The summed E-state index contributed by atoms with van der Waals surface area (Å²) in [5.74, 6) is 0.726. The molecule has 0 fully saturated rings. The van der Waals surface area contributed by atoms with E-state index in [9.17, 15) is 0 Å². The minimum Gasteiger partial charge on any atom is -0.228 e. The van der Waals surface area contributed by atoms with Gasteiger partial charge < -0.3 is 0 Å². The lowest BCUT2D eigenvalue weighted by Crippen LogP contribution is -2.02. The smallest absolute Gasteiger partial charge is 0.160 e. The summed E-state index contributed by atoms with van der Waals surface area (Å²) >= 11 is 0. The summed E-state index contributed by atoms with van der Waals surface area (Å²) in [5.41, 5.74) is 12.9. The SMILES string of the molecule is C/C=C\c1c(C)c2c(c3cc(-c4cccc(-c5nc(-c6ccccc6)cc(-c6ccccc6)n5)c4)ccc13)C=CCC2.CC. The van der Waals surface area contributed by atoms with Gasteiger partial charge in [0.15, 0.2) is 5.82 Å². The molecule has 0 N–H and O–H groups in total. The van der Waals surface area contributed by atoms with E-state index in [-0.39, 0.29) is 0 Å². The molecule has 5 aromatic carbocycles. The summed E-state index contributed by atoms with van der Waals surface area (Å²) in [6.45, 7) is 8.37. The van der Waals surface area contributed by atoms with Crippen LogP contribution in [0.1, 0.15) is 49.4 Å². The van der Waals surface area contributed by atoms with Gasteiger partial charge in [-0.2, -0.15) is 0 Å². The predicted octanol–water partition coefficient (Wildman–Crippen LogP) is 11.6. The maximum Gasteiger partial charge on any atom is 0.160 e. The molecule has 0 amide bonds. The molecule has 216 valence electrons. The topological polar surface area (TPSA) is 25.8 Å². The fraction of sp³-hybridized carbons (Fsp3) is 0.143. The molecule has 6 aromatic rings. The van der Waals surface area contributed by atoms with Gasteiger partial charge >= 0.3 is 0 Å². The Hall–Kier alpha value is -5.08. The molecule has 0 saturated heterocycles. The molecule has 0 unspecified atom stereocenters. The van der Waals surface area contributed by atoms with Crippen molar-refractivity contribution in [3.63, 3.8) is 0 Å². The Balaban J connectivity index is 0.00000168. The first-order valence-electron chi connectivity index (χ1n) is 15.7. The average molecular weight is 571 g/mol. The first-order chi connectivity index (χ1) is 21.7. The summed E-state index contributed by atoms with van der Waals surface area (Å²) in [6, 6.07) is 38.3. The fourth-order valence-corrected chi connectivity index (χ4v) is 6.16. The fourth-order valence-electron chi connectivity index (χ4n) is 6.16. The third-order valence-corrected chi connectivity index (χ3v) is 8.28. The summed E-state index contributed by atoms with van der Waals surface area (Å²) in [4.78, 5) is 10.1. The van der Waals surface area contributed by atoms with E-state index in [1.165, 1.54) is 38.6 Å². The van der Waals surface area contributed by atoms with Gasteiger partial charge in [-0.1, -0.05) is 129 Å². The number of benzene rings is 5. The van der Waals surface area contributed by atoms with E-state index in [2.05, 4.69) is 135 Å². The van der Waals surface area contributed by atoms with Crippen LogP contribution in [0.2, 0.25) is 0 Å². The minimum atomic E-state index is 0.726. The van der Waals surface area contributed by atoms with Crippen molar-refractivity contribution < 1.29 is 0 Å². The van der Waals surface area contributed by atoms with Crippen molar-refractivity contribution in [1.29, 1.82) is 0 Å². The van der Waals surface area contributed by atoms with Crippen molar-refractivity contribution >= 4 is 22.9 Å². The highest BCUT2D eigenvalue weighted by Gasteiger charge is 2.17. The van der Waals surface area contributed by atoms with Crippen LogP contribution < -0.4 is 0 Å². The summed E-state index contributed by atoms with van der Waals surface area (Å²) in [6.07, 6.45) is 11.2. The molecular weight excluding hydrogens is 532 g/mol. The molecule has 0 aliphatic heterocycles. The van der Waals surface area contributed by atoms with E-state index in [0.29, 0.717) is 0 Å². The molecule has 0 radical (unpaired) electrons. The number of allylic oxidation sites excluding steroid dienone is 2. The zero-order valence-electron chi connectivity index (χ0n) is 26.0. The predicted molar refractivity (Wildman–Crippen MR) is 189 cm³/mol. The second kappa shape index (κ2) is 13.1. The van der Waals surface area contributed by atoms with Gasteiger partial charge in [-0.25, -0.2) is 9.97 Å². The number of nitrogens with zero attached hydrogens (tertiary/aromatic N) is 2. The lowest BCUT2D eigenvalue weighted by Gasteiger charge is -2.20. The van der Waals surface area contributed by atoms with Gasteiger partial charge in [0.25, 0.3) is 0 Å². The molecule has 0 atom stereocenters. The number of rotatable bonds is 5. The second-order valence-corrected chi connectivity index (χ2v) is 10.9. The monoisotopic (exact) mass is 570 g/mol. The maximum atomic E-state index is 5.06. The van der Waals surface area contributed by atoms with Gasteiger partial charge in [0.2, 0.25) is 0 Å². The molecule has 0 spiro atoms. The Bertz CT molecular complexity index is 1930. The van der Waals surface area contributed by atoms with Crippen molar-refractivity contribution in [2.45, 2.75) is 40.5 Å². The third kappa shape index (κ3) is 5.64. The van der Waals surface area contributed by atoms with Crippen molar-refractivity contribution in [2.75, 3.05) is 0 Å². The molecule has 0 saturated carbocycles. The first kappa shape index (κ1) is 29.0. The van der Waals surface area contributed by atoms with Crippen LogP contribution in [0.25, 0.3) is 68.0 Å². The van der Waals surface area contributed by atoms with Crippen LogP contribution in [-0.4, -0.2) is 9.97 Å². The Labute approximate surface area is 261 Å². The largest absolute Gasteiger partial charge is 0.228 e. The number of hydrogen-bond acceptors (Lipinski definition) is 2. The Morgan fingerprint density at radius 1 is 0.614 bits per heavy atom. The molecule has 2 nitrogen and oxygen atoms in total. The van der Waals surface area contributed by atoms with Crippen molar-refractivity contribution in [2.24, 2.45) is 0 Å². The maximum absolute atomic E-state index is 5.06. The molecule has 44 heavy (non-hydrogen) atoms. The zero-order chi connectivity index (χ0) is 30.5. The zero-order valence-corrected chi connectivity index (χ0v) is 26.0. The lowest BCUT2D eigenvalue weighted by molar-refractivity contribution is 0.974. The van der Waals surface area contributed by atoms with E-state index in [1.807, 2.05) is 26.0 Å². The summed E-state index contributed by atoms with van der Waals surface area (Å²) < 4.78 is 0. The van der Waals surface area contributed by atoms with Crippen LogP contribution in [0.15, 0.2) is 121 Å². The summed E-state index contributed by atoms with van der Waals surface area (Å²) in [5, 5.41) is 2.62. The minimum absolute atomic E-state index is 0.726. The molecule has 7 rings (SSSR count). The van der Waals surface area contributed by atoms with E-state index < -0.39 is 0 Å². The van der Waals surface area contributed by atoms with E-state index in [0.717, 1.165) is 52.3 Å². The van der Waals surface area contributed by atoms with Crippen LogP contribution in [0.5, 0.6) is 0 Å². The molecule has 1 aliphatic rings. The Kier molecular flexibility index (Phi) is 8.61. The van der Waals surface area contributed by atoms with Gasteiger partial charge in [0, 0.05) is 16.7 Å². The lowest BCUT2D eigenvalue weighted by atomic mass is 9.84. The quantitative estimate of drug-likeness (QED) is 0.206. The molecule has 1 aromatic heterocycles. The Morgan fingerprint density at radius 3 is 1.89 bits per heavy atom. The number of aromatic nitrogens is 2. The Morgan fingerprint density at radius 2 is 1.23 bits per heavy atom. The molecule has 0 bridgehead atoms. The molecule has 1 heterocycles. The average Bonchev–Trinajstić information content (AvgIpc) is 3.11. The molecule has 1 aliphatic carbocycles. The normalized spacial score (nSPS) is 12.2. The second-order valence-electron chi connectivity index (χ2n) is 10.9. The van der Waals surface area contributed by atoms with Gasteiger partial charge in [-0.3, -0.25) is 0 Å². The first-order valence-corrected chi connectivity index (χ1v) is 15.7. The molecule has 2 heteroatoms. The highest BCUT2D eigenvalue weighted by atomic mass is 14.9. The number of fused-ring (bicyclic) bond motifs is 3. The third-order valence-electron chi connectivity index (χ3n) is 8.28. The van der Waals surface area contributed by atoms with Crippen LogP contribution in [0, 0.1) is 6.92 Å². The van der Waals surface area contributed by atoms with Crippen LogP contribution >= 0.6 is 0 Å². The standard InChI is InChI=1S/C40H32N2.C2H6/c1-3-13-33-27(2)34-20-10-11-21-35(34)37-25-31(22-23-36(33)37)30-18-12-19-32(24-30)40-41-38(28-14-6-4-7-15-28)26-39(42-40)29-16-8-5-9-17-29;1-2/h3-9,11-19,21-26H,10,20H2,1-2H3;1-2H3/b13-3-;. The van der Waals surface area contributed by atoms with E-state index >= 15 is 0 Å². The van der Waals surface area contributed by atoms with Gasteiger partial charge in [0.05, 0.1) is 11.4 Å². The highest BCUT2D eigenvalue weighted by molar-refractivity contribution is 6.01. The highest BCUT2D eigenvalue weighted by Crippen LogP contribution is 2.38. The summed E-state index contributed by atoms with van der Waals surface area (Å²) in [7, 11) is 0. The van der Waals surface area contributed by atoms with Gasteiger partial charge in [0.1, 0.15) is 0 Å². The van der Waals surface area contributed by atoms with Gasteiger partial charge in [-0.15, -0.1) is 0 Å². The number of hydrogen-bond donors (Lipinski definition) is 0. The van der Waals surface area contributed by atoms with E-state index in [4.69, 9.17) is 9.97 Å². The van der Waals surface area contributed by atoms with Gasteiger partial charge in [-0.05, 0) is 89.0 Å². The van der Waals surface area contributed by atoms with Crippen molar-refractivity contribution in [3.8, 4) is 45.0 Å². The van der Waals surface area contributed by atoms with Crippen molar-refractivity contribution in [3.05, 3.63) is 144 Å². The van der Waals surface area contributed by atoms with Crippen LogP contribution in [-0.2, 0) is 6.42 Å². The van der Waals surface area contributed by atoms with E-state index in [1.54, 1.807) is 0 Å².